The number of nitrogens with zero attached hydrogens (tertiary/aromatic N) is 4. The molecule has 0 saturated carbocycles. The van der Waals surface area contributed by atoms with Gasteiger partial charge in [-0.3, -0.25) is 33.6 Å². The van der Waals surface area contributed by atoms with E-state index in [4.69, 9.17) is 5.73 Å². The third kappa shape index (κ3) is 14.7. The van der Waals surface area contributed by atoms with Crippen molar-refractivity contribution >= 4 is 47.4 Å². The highest BCUT2D eigenvalue weighted by Gasteiger charge is 2.42. The molecule has 0 aromatic heterocycles. The fourth-order valence-electron chi connectivity index (χ4n) is 6.71. The van der Waals surface area contributed by atoms with Gasteiger partial charge in [-0.2, -0.15) is 0 Å². The summed E-state index contributed by atoms with van der Waals surface area (Å²) in [6.07, 6.45) is 0.0168. The number of nitrogens with one attached hydrogen (secondary N) is 2. The first-order chi connectivity index (χ1) is 26.9. The lowest BCUT2D eigenvalue weighted by Crippen LogP contribution is -2.61. The van der Waals surface area contributed by atoms with Gasteiger partial charge in [-0.1, -0.05) is 92.1 Å². The number of nitrogens with two attached hydrogens (primary N) is 1. The van der Waals surface area contributed by atoms with Crippen LogP contribution in [-0.2, 0) is 44.8 Å². The van der Waals surface area contributed by atoms with E-state index in [0.717, 1.165) is 4.90 Å². The standard InChI is InChI=1S/C41H67N7O10/c1-13-26(8)35(47(11)31(49)22-45(9)39(55)33(24(4)5)44-36(52)28(42)19-23(2)3)40(56)46(10)30(20-27-17-15-14-16-18-27)38(54)48(12)34(25(6)7)37(53)43-29(41(57)58)21-32(50)51/h14-18,23-26,28-30,33-35H,13,19-22,42H2,1-12H3,(H,43,53)(H,44,52)(H,50,51)(H,57,58)/t26-,28-,29-,30-,33-,34-,35-/m0/s1. The summed E-state index contributed by atoms with van der Waals surface area (Å²) in [7, 11) is 5.67. The highest BCUT2D eigenvalue weighted by atomic mass is 16.4. The molecule has 1 aromatic rings. The van der Waals surface area contributed by atoms with Gasteiger partial charge in [-0.25, -0.2) is 4.79 Å². The van der Waals surface area contributed by atoms with E-state index in [-0.39, 0.29) is 18.3 Å². The zero-order chi connectivity index (χ0) is 44.8. The van der Waals surface area contributed by atoms with Crippen molar-refractivity contribution in [3.8, 4) is 0 Å². The van der Waals surface area contributed by atoms with E-state index in [2.05, 4.69) is 10.6 Å². The molecule has 0 heterocycles. The smallest absolute Gasteiger partial charge is 0.326 e. The molecule has 6 amide bonds. The van der Waals surface area contributed by atoms with Gasteiger partial charge in [0.25, 0.3) is 0 Å². The monoisotopic (exact) mass is 817 g/mol. The van der Waals surface area contributed by atoms with Crippen LogP contribution in [0.1, 0.15) is 80.2 Å². The summed E-state index contributed by atoms with van der Waals surface area (Å²) in [5.74, 6) is -7.83. The van der Waals surface area contributed by atoms with E-state index < -0.39 is 108 Å². The van der Waals surface area contributed by atoms with Gasteiger partial charge in [0.2, 0.25) is 35.4 Å². The summed E-state index contributed by atoms with van der Waals surface area (Å²) in [4.78, 5) is 111. The van der Waals surface area contributed by atoms with Gasteiger partial charge in [0, 0.05) is 34.6 Å². The number of amides is 6. The Hall–Kier alpha value is -5.06. The molecule has 58 heavy (non-hydrogen) atoms. The molecule has 6 N–H and O–H groups in total. The van der Waals surface area contributed by atoms with Gasteiger partial charge in [-0.15, -0.1) is 0 Å². The second kappa shape index (κ2) is 23.4. The lowest BCUT2D eigenvalue weighted by atomic mass is 9.94. The fourth-order valence-corrected chi connectivity index (χ4v) is 6.71. The average molecular weight is 818 g/mol. The van der Waals surface area contributed by atoms with E-state index in [0.29, 0.717) is 18.4 Å². The molecular weight excluding hydrogens is 750 g/mol. The molecule has 0 unspecified atom stereocenters. The van der Waals surface area contributed by atoms with E-state index in [1.807, 2.05) is 20.8 Å². The Morgan fingerprint density at radius 1 is 0.707 bits per heavy atom. The molecule has 0 aliphatic heterocycles. The second-order valence-electron chi connectivity index (χ2n) is 16.3. The highest BCUT2D eigenvalue weighted by Crippen LogP contribution is 2.22. The number of hydrogen-bond acceptors (Lipinski definition) is 9. The summed E-state index contributed by atoms with van der Waals surface area (Å²) in [5, 5.41) is 23.7. The third-order valence-electron chi connectivity index (χ3n) is 10.3. The molecule has 0 saturated heterocycles. The normalized spacial score (nSPS) is 15.0. The Bertz CT molecular complexity index is 1590. The van der Waals surface area contributed by atoms with Crippen molar-refractivity contribution < 1.29 is 48.6 Å². The van der Waals surface area contributed by atoms with E-state index in [1.165, 1.54) is 42.9 Å². The molecule has 0 spiro atoms. The molecule has 0 bridgehead atoms. The molecule has 1 aromatic carbocycles. The van der Waals surface area contributed by atoms with E-state index in [1.54, 1.807) is 65.0 Å². The quantitative estimate of drug-likeness (QED) is 0.106. The molecule has 17 nitrogen and oxygen atoms in total. The van der Waals surface area contributed by atoms with Crippen LogP contribution in [0.25, 0.3) is 0 Å². The molecule has 0 aliphatic rings. The number of rotatable bonds is 23. The summed E-state index contributed by atoms with van der Waals surface area (Å²) in [5.41, 5.74) is 6.75. The second-order valence-corrected chi connectivity index (χ2v) is 16.3. The van der Waals surface area contributed by atoms with Crippen LogP contribution in [0.2, 0.25) is 0 Å². The van der Waals surface area contributed by atoms with Gasteiger partial charge in [0.05, 0.1) is 19.0 Å². The summed E-state index contributed by atoms with van der Waals surface area (Å²) < 4.78 is 0. The van der Waals surface area contributed by atoms with Crippen molar-refractivity contribution in [2.75, 3.05) is 34.7 Å². The molecular formula is C41H67N7O10. The van der Waals surface area contributed by atoms with Crippen LogP contribution in [0.4, 0.5) is 0 Å². The Labute approximate surface area is 343 Å². The van der Waals surface area contributed by atoms with Crippen molar-refractivity contribution in [3.05, 3.63) is 35.9 Å². The van der Waals surface area contributed by atoms with Crippen LogP contribution in [-0.4, -0.2) is 148 Å². The predicted octanol–water partition coefficient (Wildman–Crippen LogP) is 1.43. The molecule has 7 atom stereocenters. The van der Waals surface area contributed by atoms with Crippen molar-refractivity contribution in [1.82, 2.24) is 30.2 Å². The number of carbonyl (C=O) groups excluding carboxylic acids is 6. The SMILES string of the molecule is CC[C@H](C)[C@@H](C(=O)N(C)[C@@H](Cc1ccccc1)C(=O)N(C)[C@H](C(=O)N[C@@H](CC(=O)O)C(=O)O)C(C)C)N(C)C(=O)CN(C)C(=O)[C@@H](NC(=O)[C@@H](N)CC(C)C)C(C)C. The Balaban J connectivity index is 3.51. The highest BCUT2D eigenvalue weighted by molar-refractivity contribution is 5.96. The maximum Gasteiger partial charge on any atom is 0.326 e. The van der Waals surface area contributed by atoms with Gasteiger partial charge < -0.3 is 46.2 Å². The van der Waals surface area contributed by atoms with Crippen LogP contribution in [0, 0.1) is 23.7 Å². The first-order valence-corrected chi connectivity index (χ1v) is 19.8. The number of carbonyl (C=O) groups is 8. The molecule has 0 aliphatic carbocycles. The first-order valence-electron chi connectivity index (χ1n) is 19.8. The summed E-state index contributed by atoms with van der Waals surface area (Å²) >= 11 is 0. The summed E-state index contributed by atoms with van der Waals surface area (Å²) in [6.45, 7) is 13.9. The number of carboxylic acids is 2. The third-order valence-corrected chi connectivity index (χ3v) is 10.3. The Morgan fingerprint density at radius 2 is 1.28 bits per heavy atom. The number of benzene rings is 1. The number of hydrogen-bond donors (Lipinski definition) is 5. The van der Waals surface area contributed by atoms with Crippen LogP contribution in [0.15, 0.2) is 30.3 Å². The molecule has 0 radical (unpaired) electrons. The van der Waals surface area contributed by atoms with Crippen LogP contribution < -0.4 is 16.4 Å². The van der Waals surface area contributed by atoms with E-state index in [9.17, 15) is 48.6 Å². The molecule has 1 rings (SSSR count). The number of aliphatic carboxylic acids is 2. The minimum absolute atomic E-state index is 0.0146. The topological polar surface area (TPSA) is 240 Å². The Morgan fingerprint density at radius 3 is 1.74 bits per heavy atom. The number of carboxylic acid groups (broad SMARTS) is 2. The van der Waals surface area contributed by atoms with Crippen LogP contribution >= 0.6 is 0 Å². The van der Waals surface area contributed by atoms with Crippen molar-refractivity contribution in [2.24, 2.45) is 29.4 Å². The fraction of sp³-hybridized carbons (Fsp3) is 0.659. The largest absolute Gasteiger partial charge is 0.481 e. The van der Waals surface area contributed by atoms with Crippen molar-refractivity contribution in [2.45, 2.75) is 117 Å². The maximum absolute atomic E-state index is 14.6. The lowest BCUT2D eigenvalue weighted by molar-refractivity contribution is -0.154. The van der Waals surface area contributed by atoms with E-state index >= 15 is 0 Å². The molecule has 0 fully saturated rings. The van der Waals surface area contributed by atoms with Gasteiger partial charge in [0.1, 0.15) is 30.2 Å². The van der Waals surface area contributed by atoms with Crippen molar-refractivity contribution in [3.63, 3.8) is 0 Å². The molecule has 17 heteroatoms. The first kappa shape index (κ1) is 51.0. The Kier molecular flexibility index (Phi) is 20.5. The van der Waals surface area contributed by atoms with Crippen LogP contribution in [0.5, 0.6) is 0 Å². The maximum atomic E-state index is 14.6. The van der Waals surface area contributed by atoms with Gasteiger partial charge in [0.15, 0.2) is 0 Å². The minimum atomic E-state index is -1.75. The lowest BCUT2D eigenvalue weighted by Gasteiger charge is -2.40. The van der Waals surface area contributed by atoms with Crippen LogP contribution in [0.3, 0.4) is 0 Å². The number of likely N-dealkylation sites (N-methyl/N-ethyl adjacent to an activating group) is 4. The predicted molar refractivity (Wildman–Crippen MR) is 218 cm³/mol. The summed E-state index contributed by atoms with van der Waals surface area (Å²) in [6, 6.07) is 1.79. The molecule has 326 valence electrons. The van der Waals surface area contributed by atoms with Gasteiger partial charge >= 0.3 is 11.9 Å². The van der Waals surface area contributed by atoms with Crippen molar-refractivity contribution in [1.29, 1.82) is 0 Å². The minimum Gasteiger partial charge on any atom is -0.481 e. The average Bonchev–Trinajstić information content (AvgIpc) is 3.14. The zero-order valence-electron chi connectivity index (χ0n) is 36.2. The van der Waals surface area contributed by atoms with Gasteiger partial charge in [-0.05, 0) is 35.7 Å². The zero-order valence-corrected chi connectivity index (χ0v) is 36.2.